The number of carbonyl (C=O) groups is 1. The molecule has 1 N–H and O–H groups in total. The number of rotatable bonds is 3. The van der Waals surface area contributed by atoms with Gasteiger partial charge in [-0.05, 0) is 36.4 Å². The minimum Gasteiger partial charge on any atom is -0.456 e. The summed E-state index contributed by atoms with van der Waals surface area (Å²) in [5, 5.41) is 11.5. The highest BCUT2D eigenvalue weighted by atomic mass is 19.1. The minimum atomic E-state index is -0.625. The van der Waals surface area contributed by atoms with Crippen LogP contribution < -0.4 is 10.1 Å². The van der Waals surface area contributed by atoms with Crippen LogP contribution in [0.25, 0.3) is 0 Å². The second kappa shape index (κ2) is 5.85. The number of ether oxygens (including phenoxy) is 1. The number of hydrogen-bond donors (Lipinski definition) is 1. The van der Waals surface area contributed by atoms with Gasteiger partial charge < -0.3 is 10.1 Å². The molecule has 0 radical (unpaired) electrons. The first kappa shape index (κ1) is 13.6. The van der Waals surface area contributed by atoms with Gasteiger partial charge >= 0.3 is 0 Å². The molecule has 0 aliphatic heterocycles. The van der Waals surface area contributed by atoms with Crippen molar-refractivity contribution in [1.29, 1.82) is 5.26 Å². The maximum absolute atomic E-state index is 13.4. The summed E-state index contributed by atoms with van der Waals surface area (Å²) in [6, 6.07) is 12.5. The van der Waals surface area contributed by atoms with Crippen molar-refractivity contribution in [2.45, 2.75) is 6.92 Å². The summed E-state index contributed by atoms with van der Waals surface area (Å²) in [6.45, 7) is 1.41. The highest BCUT2D eigenvalue weighted by Gasteiger charge is 2.09. The maximum Gasteiger partial charge on any atom is 0.221 e. The van der Waals surface area contributed by atoms with Crippen molar-refractivity contribution in [3.63, 3.8) is 0 Å². The molecule has 0 saturated carbocycles. The van der Waals surface area contributed by atoms with Gasteiger partial charge in [0.2, 0.25) is 5.91 Å². The van der Waals surface area contributed by atoms with Crippen molar-refractivity contribution in [2.75, 3.05) is 5.32 Å². The Morgan fingerprint density at radius 2 is 1.95 bits per heavy atom. The SMILES string of the molecule is CC(=O)Nc1ccc(Oc2cccc(F)c2C#N)cc1. The van der Waals surface area contributed by atoms with E-state index in [1.807, 2.05) is 0 Å². The standard InChI is InChI=1S/C15H11FN2O2/c1-10(19)18-11-5-7-12(8-6-11)20-15-4-2-3-14(16)13(15)9-17/h2-8H,1H3,(H,18,19). The Hall–Kier alpha value is -2.87. The number of nitriles is 1. The first-order valence-corrected chi connectivity index (χ1v) is 5.84. The monoisotopic (exact) mass is 270 g/mol. The van der Waals surface area contributed by atoms with Crippen molar-refractivity contribution in [3.05, 3.63) is 53.8 Å². The largest absolute Gasteiger partial charge is 0.456 e. The normalized spacial score (nSPS) is 9.65. The van der Waals surface area contributed by atoms with Gasteiger partial charge in [0, 0.05) is 12.6 Å². The molecular formula is C15H11FN2O2. The molecule has 0 aromatic heterocycles. The van der Waals surface area contributed by atoms with Gasteiger partial charge in [0.25, 0.3) is 0 Å². The number of benzene rings is 2. The molecule has 0 aliphatic carbocycles. The van der Waals surface area contributed by atoms with E-state index in [0.29, 0.717) is 11.4 Å². The maximum atomic E-state index is 13.4. The zero-order chi connectivity index (χ0) is 14.5. The highest BCUT2D eigenvalue weighted by molar-refractivity contribution is 5.88. The van der Waals surface area contributed by atoms with Crippen LogP contribution in [0.2, 0.25) is 0 Å². The number of amides is 1. The van der Waals surface area contributed by atoms with Crippen LogP contribution in [-0.2, 0) is 4.79 Å². The predicted octanol–water partition coefficient (Wildman–Crippen LogP) is 3.45. The van der Waals surface area contributed by atoms with Gasteiger partial charge in [-0.15, -0.1) is 0 Å². The van der Waals surface area contributed by atoms with Crippen LogP contribution in [0.1, 0.15) is 12.5 Å². The van der Waals surface area contributed by atoms with Crippen molar-refractivity contribution in [1.82, 2.24) is 0 Å². The number of carbonyl (C=O) groups excluding carboxylic acids is 1. The van der Waals surface area contributed by atoms with Gasteiger partial charge in [0.05, 0.1) is 0 Å². The van der Waals surface area contributed by atoms with Crippen LogP contribution in [-0.4, -0.2) is 5.91 Å². The molecule has 4 nitrogen and oxygen atoms in total. The fraction of sp³-hybridized carbons (Fsp3) is 0.0667. The van der Waals surface area contributed by atoms with Crippen LogP contribution in [0.4, 0.5) is 10.1 Å². The van der Waals surface area contributed by atoms with Crippen LogP contribution in [0.15, 0.2) is 42.5 Å². The third kappa shape index (κ3) is 3.12. The lowest BCUT2D eigenvalue weighted by Gasteiger charge is -2.08. The molecule has 100 valence electrons. The topological polar surface area (TPSA) is 62.1 Å². The minimum absolute atomic E-state index is 0.140. The summed E-state index contributed by atoms with van der Waals surface area (Å²) in [5.41, 5.74) is 0.489. The quantitative estimate of drug-likeness (QED) is 0.929. The summed E-state index contributed by atoms with van der Waals surface area (Å²) in [7, 11) is 0. The Morgan fingerprint density at radius 3 is 2.55 bits per heavy atom. The molecular weight excluding hydrogens is 259 g/mol. The van der Waals surface area contributed by atoms with E-state index in [2.05, 4.69) is 5.32 Å². The third-order valence-electron chi connectivity index (χ3n) is 2.49. The Bertz CT molecular complexity index is 675. The summed E-state index contributed by atoms with van der Waals surface area (Å²) >= 11 is 0. The Balaban J connectivity index is 2.21. The highest BCUT2D eigenvalue weighted by Crippen LogP contribution is 2.27. The van der Waals surface area contributed by atoms with E-state index < -0.39 is 5.82 Å². The zero-order valence-electron chi connectivity index (χ0n) is 10.7. The van der Waals surface area contributed by atoms with Crippen molar-refractivity contribution in [2.24, 2.45) is 0 Å². The molecule has 0 saturated heterocycles. The van der Waals surface area contributed by atoms with E-state index in [9.17, 15) is 9.18 Å². The first-order chi connectivity index (χ1) is 9.60. The van der Waals surface area contributed by atoms with E-state index >= 15 is 0 Å². The average Bonchev–Trinajstić information content (AvgIpc) is 2.41. The molecule has 0 unspecified atom stereocenters. The fourth-order valence-electron chi connectivity index (χ4n) is 1.63. The number of hydrogen-bond acceptors (Lipinski definition) is 3. The van der Waals surface area contributed by atoms with E-state index in [1.165, 1.54) is 25.1 Å². The summed E-state index contributed by atoms with van der Waals surface area (Å²) < 4.78 is 18.9. The average molecular weight is 270 g/mol. The molecule has 1 amide bonds. The Labute approximate surface area is 115 Å². The van der Waals surface area contributed by atoms with Gasteiger partial charge in [-0.3, -0.25) is 4.79 Å². The van der Waals surface area contributed by atoms with Crippen molar-refractivity contribution >= 4 is 11.6 Å². The van der Waals surface area contributed by atoms with Gasteiger partial charge in [0.1, 0.15) is 28.9 Å². The third-order valence-corrected chi connectivity index (χ3v) is 2.49. The molecule has 0 heterocycles. The predicted molar refractivity (Wildman–Crippen MR) is 71.9 cm³/mol. The Kier molecular flexibility index (Phi) is 3.96. The van der Waals surface area contributed by atoms with Crippen LogP contribution >= 0.6 is 0 Å². The lowest BCUT2D eigenvalue weighted by Crippen LogP contribution is -2.05. The van der Waals surface area contributed by atoms with Gasteiger partial charge in [-0.2, -0.15) is 5.26 Å². The fourth-order valence-corrected chi connectivity index (χ4v) is 1.63. The molecule has 2 aromatic carbocycles. The first-order valence-electron chi connectivity index (χ1n) is 5.84. The molecule has 0 spiro atoms. The molecule has 2 rings (SSSR count). The summed E-state index contributed by atoms with van der Waals surface area (Å²) in [6.07, 6.45) is 0. The molecule has 2 aromatic rings. The van der Waals surface area contributed by atoms with Gasteiger partial charge in [0.15, 0.2) is 0 Å². The van der Waals surface area contributed by atoms with Crippen molar-refractivity contribution in [3.8, 4) is 17.6 Å². The number of halogens is 1. The van der Waals surface area contributed by atoms with E-state index in [4.69, 9.17) is 10.00 Å². The molecule has 0 bridgehead atoms. The van der Waals surface area contributed by atoms with Crippen LogP contribution in [0.5, 0.6) is 11.5 Å². The molecule has 5 heteroatoms. The molecule has 20 heavy (non-hydrogen) atoms. The van der Waals surface area contributed by atoms with E-state index in [1.54, 1.807) is 30.3 Å². The number of nitrogens with one attached hydrogen (secondary N) is 1. The molecule has 0 atom stereocenters. The Morgan fingerprint density at radius 1 is 1.25 bits per heavy atom. The molecule has 0 aliphatic rings. The molecule has 0 fully saturated rings. The summed E-state index contributed by atoms with van der Waals surface area (Å²) in [4.78, 5) is 10.9. The summed E-state index contributed by atoms with van der Waals surface area (Å²) in [5.74, 6) is -0.198. The lowest BCUT2D eigenvalue weighted by atomic mass is 10.2. The van der Waals surface area contributed by atoms with Crippen LogP contribution in [0, 0.1) is 17.1 Å². The second-order valence-corrected chi connectivity index (χ2v) is 4.03. The lowest BCUT2D eigenvalue weighted by molar-refractivity contribution is -0.114. The van der Waals surface area contributed by atoms with Crippen molar-refractivity contribution < 1.29 is 13.9 Å². The smallest absolute Gasteiger partial charge is 0.221 e. The van der Waals surface area contributed by atoms with Gasteiger partial charge in [-0.1, -0.05) is 6.07 Å². The number of anilines is 1. The van der Waals surface area contributed by atoms with E-state index in [-0.39, 0.29) is 17.2 Å². The van der Waals surface area contributed by atoms with Gasteiger partial charge in [-0.25, -0.2) is 4.39 Å². The van der Waals surface area contributed by atoms with Crippen LogP contribution in [0.3, 0.4) is 0 Å². The zero-order valence-corrected chi connectivity index (χ0v) is 10.7. The van der Waals surface area contributed by atoms with E-state index in [0.717, 1.165) is 0 Å². The number of nitrogens with zero attached hydrogens (tertiary/aromatic N) is 1. The second-order valence-electron chi connectivity index (χ2n) is 4.03.